The number of aryl methyl sites for hydroxylation is 1. The molecule has 0 unspecified atom stereocenters. The number of anilines is 1. The number of hydrogen-bond acceptors (Lipinski definition) is 7. The van der Waals surface area contributed by atoms with Gasteiger partial charge in [-0.15, -0.1) is 0 Å². The summed E-state index contributed by atoms with van der Waals surface area (Å²) in [5, 5.41) is 6.69. The minimum Gasteiger partial charge on any atom is -0.493 e. The van der Waals surface area contributed by atoms with Crippen LogP contribution in [0.3, 0.4) is 0 Å². The molecule has 8 nitrogen and oxygen atoms in total. The first-order valence-corrected chi connectivity index (χ1v) is 9.68. The van der Waals surface area contributed by atoms with E-state index in [9.17, 15) is 9.59 Å². The van der Waals surface area contributed by atoms with Crippen molar-refractivity contribution in [3.8, 4) is 11.5 Å². The first-order valence-electron chi connectivity index (χ1n) is 9.68. The number of nitrogens with one attached hydrogen (secondary N) is 1. The Hall–Kier alpha value is -3.03. The second-order valence-electron chi connectivity index (χ2n) is 7.08. The number of methoxy groups -OCH3 is 2. The Bertz CT molecular complexity index is 870. The largest absolute Gasteiger partial charge is 0.493 e. The van der Waals surface area contributed by atoms with E-state index in [0.29, 0.717) is 28.6 Å². The first kappa shape index (κ1) is 20.7. The summed E-state index contributed by atoms with van der Waals surface area (Å²) in [5.74, 6) is 0.646. The van der Waals surface area contributed by atoms with E-state index in [-0.39, 0.29) is 24.0 Å². The van der Waals surface area contributed by atoms with Gasteiger partial charge in [-0.1, -0.05) is 24.4 Å². The van der Waals surface area contributed by atoms with Gasteiger partial charge in [0, 0.05) is 24.1 Å². The second-order valence-corrected chi connectivity index (χ2v) is 7.08. The minimum atomic E-state index is -0.606. The summed E-state index contributed by atoms with van der Waals surface area (Å²) in [4.78, 5) is 25.5. The summed E-state index contributed by atoms with van der Waals surface area (Å²) in [6.07, 6.45) is 4.93. The number of benzene rings is 1. The maximum Gasteiger partial charge on any atom is 0.340 e. The third-order valence-electron chi connectivity index (χ3n) is 5.01. The van der Waals surface area contributed by atoms with Crippen LogP contribution in [0.1, 0.15) is 53.9 Å². The molecule has 8 heteroatoms. The topological polar surface area (TPSA) is 99.9 Å². The van der Waals surface area contributed by atoms with Crippen molar-refractivity contribution in [1.29, 1.82) is 0 Å². The Morgan fingerprint density at radius 3 is 2.41 bits per heavy atom. The second kappa shape index (κ2) is 9.45. The van der Waals surface area contributed by atoms with E-state index in [4.69, 9.17) is 18.7 Å². The van der Waals surface area contributed by atoms with Gasteiger partial charge in [-0.2, -0.15) is 0 Å². The van der Waals surface area contributed by atoms with Crippen LogP contribution in [-0.4, -0.2) is 31.3 Å². The highest BCUT2D eigenvalue weighted by Gasteiger charge is 2.25. The summed E-state index contributed by atoms with van der Waals surface area (Å²) in [5.41, 5.74) is 1.02. The highest BCUT2D eigenvalue weighted by atomic mass is 16.5. The summed E-state index contributed by atoms with van der Waals surface area (Å²) in [6, 6.07) is 4.77. The van der Waals surface area contributed by atoms with Crippen LogP contribution in [0.4, 0.5) is 5.69 Å². The van der Waals surface area contributed by atoms with Crippen LogP contribution in [-0.2, 0) is 16.1 Å². The van der Waals surface area contributed by atoms with Gasteiger partial charge in [0.25, 0.3) is 0 Å². The maximum atomic E-state index is 12.7. The van der Waals surface area contributed by atoms with Crippen molar-refractivity contribution in [1.82, 2.24) is 5.16 Å². The average Bonchev–Trinajstić information content (AvgIpc) is 3.17. The highest BCUT2D eigenvalue weighted by Crippen LogP contribution is 2.35. The van der Waals surface area contributed by atoms with E-state index in [2.05, 4.69) is 10.5 Å². The molecule has 0 aliphatic heterocycles. The van der Waals surface area contributed by atoms with Crippen molar-refractivity contribution in [3.05, 3.63) is 35.2 Å². The lowest BCUT2D eigenvalue weighted by Crippen LogP contribution is -2.26. The number of hydrogen-bond donors (Lipinski definition) is 1. The van der Waals surface area contributed by atoms with Crippen molar-refractivity contribution in [2.75, 3.05) is 19.5 Å². The summed E-state index contributed by atoms with van der Waals surface area (Å²) < 4.78 is 21.0. The highest BCUT2D eigenvalue weighted by molar-refractivity contribution is 6.02. The Morgan fingerprint density at radius 1 is 1.10 bits per heavy atom. The van der Waals surface area contributed by atoms with Gasteiger partial charge >= 0.3 is 5.97 Å². The number of esters is 1. The van der Waals surface area contributed by atoms with Crippen LogP contribution >= 0.6 is 0 Å². The van der Waals surface area contributed by atoms with Crippen LogP contribution in [0.5, 0.6) is 11.5 Å². The summed E-state index contributed by atoms with van der Waals surface area (Å²) >= 11 is 0. The lowest BCUT2D eigenvalue weighted by atomic mass is 9.88. The monoisotopic (exact) mass is 402 g/mol. The van der Waals surface area contributed by atoms with Gasteiger partial charge in [0.1, 0.15) is 18.1 Å². The molecule has 0 atom stereocenters. The molecule has 1 fully saturated rings. The van der Waals surface area contributed by atoms with E-state index < -0.39 is 5.97 Å². The van der Waals surface area contributed by atoms with Crippen LogP contribution in [0, 0.1) is 12.8 Å². The van der Waals surface area contributed by atoms with Crippen molar-refractivity contribution in [2.24, 2.45) is 5.92 Å². The number of carbonyl (C=O) groups excluding carboxylic acids is 2. The van der Waals surface area contributed by atoms with Gasteiger partial charge in [0.15, 0.2) is 11.5 Å². The molecule has 0 spiro atoms. The van der Waals surface area contributed by atoms with Gasteiger partial charge < -0.3 is 24.1 Å². The van der Waals surface area contributed by atoms with E-state index in [1.165, 1.54) is 20.3 Å². The van der Waals surface area contributed by atoms with Crippen LogP contribution < -0.4 is 14.8 Å². The first-order chi connectivity index (χ1) is 14.0. The van der Waals surface area contributed by atoms with Crippen molar-refractivity contribution < 1.29 is 28.3 Å². The van der Waals surface area contributed by atoms with Crippen molar-refractivity contribution >= 4 is 17.6 Å². The molecule has 156 valence electrons. The molecule has 1 amide bonds. The maximum absolute atomic E-state index is 12.7. The lowest BCUT2D eigenvalue weighted by Gasteiger charge is -2.22. The number of aromatic nitrogens is 1. The molecule has 1 aliphatic carbocycles. The molecule has 0 saturated heterocycles. The number of ether oxygens (including phenoxy) is 3. The van der Waals surface area contributed by atoms with E-state index in [1.54, 1.807) is 19.1 Å². The van der Waals surface area contributed by atoms with E-state index in [1.807, 2.05) is 0 Å². The lowest BCUT2D eigenvalue weighted by molar-refractivity contribution is -0.120. The molecule has 0 bridgehead atoms. The van der Waals surface area contributed by atoms with Crippen LogP contribution in [0.2, 0.25) is 0 Å². The zero-order valence-electron chi connectivity index (χ0n) is 16.9. The SMILES string of the molecule is COc1cc(NC(=O)C2CCCCC2)c(C(=O)OCc2cc(C)on2)cc1OC. The fourth-order valence-corrected chi connectivity index (χ4v) is 3.45. The molecule has 1 N–H and O–H groups in total. The molecule has 1 aliphatic rings. The predicted octanol–water partition coefficient (Wildman–Crippen LogP) is 3.88. The van der Waals surface area contributed by atoms with Gasteiger partial charge in [-0.3, -0.25) is 4.79 Å². The smallest absolute Gasteiger partial charge is 0.340 e. The molecule has 2 aromatic rings. The normalized spacial score (nSPS) is 14.3. The number of nitrogens with zero attached hydrogens (tertiary/aromatic N) is 1. The van der Waals surface area contributed by atoms with Crippen LogP contribution in [0.15, 0.2) is 22.7 Å². The Labute approximate surface area is 169 Å². The van der Waals surface area contributed by atoms with Gasteiger partial charge in [-0.05, 0) is 19.8 Å². The number of rotatable bonds is 7. The van der Waals surface area contributed by atoms with Crippen molar-refractivity contribution in [2.45, 2.75) is 45.6 Å². The van der Waals surface area contributed by atoms with E-state index in [0.717, 1.165) is 32.1 Å². The Kier molecular flexibility index (Phi) is 6.74. The molecule has 29 heavy (non-hydrogen) atoms. The third kappa shape index (κ3) is 5.07. The average molecular weight is 402 g/mol. The number of carbonyl (C=O) groups is 2. The Morgan fingerprint density at radius 2 is 1.79 bits per heavy atom. The Balaban J connectivity index is 1.82. The molecule has 1 saturated carbocycles. The molecule has 1 aromatic carbocycles. The van der Waals surface area contributed by atoms with Crippen LogP contribution in [0.25, 0.3) is 0 Å². The summed E-state index contributed by atoms with van der Waals surface area (Å²) in [6.45, 7) is 1.71. The van der Waals surface area contributed by atoms with Gasteiger partial charge in [0.05, 0.1) is 25.5 Å². The fraction of sp³-hybridized carbons (Fsp3) is 0.476. The van der Waals surface area contributed by atoms with Gasteiger partial charge in [0.2, 0.25) is 5.91 Å². The minimum absolute atomic E-state index is 0.0411. The fourth-order valence-electron chi connectivity index (χ4n) is 3.45. The predicted molar refractivity (Wildman–Crippen MR) is 105 cm³/mol. The van der Waals surface area contributed by atoms with Crippen molar-refractivity contribution in [3.63, 3.8) is 0 Å². The molecule has 1 aromatic heterocycles. The molecular formula is C21H26N2O6. The molecule has 0 radical (unpaired) electrons. The third-order valence-corrected chi connectivity index (χ3v) is 5.01. The summed E-state index contributed by atoms with van der Waals surface area (Å²) in [7, 11) is 2.97. The van der Waals surface area contributed by atoms with Gasteiger partial charge in [-0.25, -0.2) is 4.79 Å². The van der Waals surface area contributed by atoms with E-state index >= 15 is 0 Å². The zero-order valence-corrected chi connectivity index (χ0v) is 16.9. The quantitative estimate of drug-likeness (QED) is 0.702. The zero-order chi connectivity index (χ0) is 20.8. The molecule has 1 heterocycles. The molecule has 3 rings (SSSR count). The standard InChI is InChI=1S/C21H26N2O6/c1-13-9-15(23-29-13)12-28-21(25)16-10-18(26-2)19(27-3)11-17(16)22-20(24)14-7-5-4-6-8-14/h9-11,14H,4-8,12H2,1-3H3,(H,22,24). The number of amides is 1. The molecular weight excluding hydrogens is 376 g/mol.